The predicted molar refractivity (Wildman–Crippen MR) is 73.0 cm³/mol. The number of anilines is 2. The zero-order valence-corrected chi connectivity index (χ0v) is 11.6. The molecule has 2 amide bonds. The van der Waals surface area contributed by atoms with Crippen molar-refractivity contribution < 1.29 is 4.79 Å². The fourth-order valence-electron chi connectivity index (χ4n) is 1.15. The van der Waals surface area contributed by atoms with E-state index in [9.17, 15) is 4.79 Å². The molecule has 0 saturated heterocycles. The standard InChI is InChI=1S/C9H16N6O.C2H6/c1-4-15(11-3)9(16)14-7-6(2)5-12-8(10)13-7;1-2/h5,11H,4H2,1-3H3,(H3,10,12,13,14,16);1-2H3. The Kier molecular flexibility index (Phi) is 7.37. The summed E-state index contributed by atoms with van der Waals surface area (Å²) in [6, 6.07) is -0.286. The van der Waals surface area contributed by atoms with Gasteiger partial charge in [-0.05, 0) is 13.8 Å². The van der Waals surface area contributed by atoms with E-state index in [1.54, 1.807) is 20.2 Å². The van der Waals surface area contributed by atoms with Crippen molar-refractivity contribution in [3.05, 3.63) is 11.8 Å². The molecule has 18 heavy (non-hydrogen) atoms. The van der Waals surface area contributed by atoms with Crippen molar-refractivity contribution in [1.29, 1.82) is 0 Å². The molecule has 0 unspecified atom stereocenters. The van der Waals surface area contributed by atoms with Gasteiger partial charge in [-0.2, -0.15) is 4.98 Å². The van der Waals surface area contributed by atoms with Gasteiger partial charge in [0.2, 0.25) is 5.95 Å². The summed E-state index contributed by atoms with van der Waals surface area (Å²) < 4.78 is 0. The van der Waals surface area contributed by atoms with Crippen LogP contribution in [0.4, 0.5) is 16.6 Å². The van der Waals surface area contributed by atoms with E-state index >= 15 is 0 Å². The fourth-order valence-corrected chi connectivity index (χ4v) is 1.15. The van der Waals surface area contributed by atoms with Gasteiger partial charge in [0, 0.05) is 25.4 Å². The molecule has 7 heteroatoms. The van der Waals surface area contributed by atoms with Crippen LogP contribution in [0.25, 0.3) is 0 Å². The number of aryl methyl sites for hydroxylation is 1. The molecule has 1 aromatic rings. The first-order valence-corrected chi connectivity index (χ1v) is 5.93. The Labute approximate surface area is 108 Å². The lowest BCUT2D eigenvalue weighted by Gasteiger charge is -2.19. The van der Waals surface area contributed by atoms with E-state index in [4.69, 9.17) is 5.73 Å². The first-order valence-electron chi connectivity index (χ1n) is 5.93. The van der Waals surface area contributed by atoms with Gasteiger partial charge in [0.05, 0.1) is 0 Å². The number of hydrogen-bond acceptors (Lipinski definition) is 5. The van der Waals surface area contributed by atoms with Crippen molar-refractivity contribution in [1.82, 2.24) is 20.4 Å². The summed E-state index contributed by atoms with van der Waals surface area (Å²) >= 11 is 0. The number of carbonyl (C=O) groups is 1. The van der Waals surface area contributed by atoms with Gasteiger partial charge in [0.15, 0.2) is 0 Å². The van der Waals surface area contributed by atoms with Crippen molar-refractivity contribution in [3.63, 3.8) is 0 Å². The van der Waals surface area contributed by atoms with E-state index < -0.39 is 0 Å². The van der Waals surface area contributed by atoms with E-state index in [1.807, 2.05) is 20.8 Å². The Morgan fingerprint density at radius 3 is 2.61 bits per heavy atom. The molecule has 0 spiro atoms. The van der Waals surface area contributed by atoms with Crippen LogP contribution >= 0.6 is 0 Å². The van der Waals surface area contributed by atoms with Crippen LogP contribution in [0.5, 0.6) is 0 Å². The second-order valence-corrected chi connectivity index (χ2v) is 3.16. The summed E-state index contributed by atoms with van der Waals surface area (Å²) in [6.45, 7) is 8.20. The number of urea groups is 1. The Hall–Kier alpha value is -1.89. The highest BCUT2D eigenvalue weighted by molar-refractivity contribution is 5.88. The number of carbonyl (C=O) groups excluding carboxylic acids is 1. The Morgan fingerprint density at radius 1 is 1.50 bits per heavy atom. The summed E-state index contributed by atoms with van der Waals surface area (Å²) in [6.07, 6.45) is 1.56. The van der Waals surface area contributed by atoms with Gasteiger partial charge in [-0.1, -0.05) is 13.8 Å². The third-order valence-electron chi connectivity index (χ3n) is 2.05. The molecule has 0 radical (unpaired) electrons. The molecule has 0 saturated carbocycles. The number of nitrogens with two attached hydrogens (primary N) is 1. The van der Waals surface area contributed by atoms with E-state index in [0.29, 0.717) is 12.4 Å². The maximum absolute atomic E-state index is 11.7. The Balaban J connectivity index is 0.00000137. The number of hydrogen-bond donors (Lipinski definition) is 3. The summed E-state index contributed by atoms with van der Waals surface area (Å²) in [5.74, 6) is 0.555. The molecule has 0 aromatic carbocycles. The molecule has 1 heterocycles. The lowest BCUT2D eigenvalue weighted by Crippen LogP contribution is -2.43. The smallest absolute Gasteiger partial charge is 0.337 e. The van der Waals surface area contributed by atoms with Gasteiger partial charge in [0.1, 0.15) is 5.82 Å². The van der Waals surface area contributed by atoms with Crippen LogP contribution in [-0.4, -0.2) is 34.6 Å². The summed E-state index contributed by atoms with van der Waals surface area (Å²) in [5.41, 5.74) is 8.95. The number of amides is 2. The second kappa shape index (κ2) is 8.24. The third kappa shape index (κ3) is 4.54. The summed E-state index contributed by atoms with van der Waals surface area (Å²) in [4.78, 5) is 19.5. The van der Waals surface area contributed by atoms with E-state index in [1.165, 1.54) is 5.01 Å². The molecule has 1 rings (SSSR count). The molecule has 0 bridgehead atoms. The number of nitrogen functional groups attached to an aromatic ring is 1. The number of nitrogens with zero attached hydrogens (tertiary/aromatic N) is 3. The Bertz CT molecular complexity index is 378. The van der Waals surface area contributed by atoms with Gasteiger partial charge in [-0.15, -0.1) is 0 Å². The highest BCUT2D eigenvalue weighted by atomic mass is 16.2. The van der Waals surface area contributed by atoms with E-state index in [-0.39, 0.29) is 12.0 Å². The monoisotopic (exact) mass is 254 g/mol. The summed E-state index contributed by atoms with van der Waals surface area (Å²) in [5, 5.41) is 4.06. The molecule has 0 aliphatic rings. The van der Waals surface area contributed by atoms with E-state index in [0.717, 1.165) is 5.56 Å². The molecular weight excluding hydrogens is 232 g/mol. The molecule has 0 atom stereocenters. The topological polar surface area (TPSA) is 96.2 Å². The largest absolute Gasteiger partial charge is 0.368 e. The average molecular weight is 254 g/mol. The first kappa shape index (κ1) is 16.1. The summed E-state index contributed by atoms with van der Waals surface area (Å²) in [7, 11) is 1.67. The third-order valence-corrected chi connectivity index (χ3v) is 2.05. The average Bonchev–Trinajstić information content (AvgIpc) is 2.38. The molecular formula is C11H22N6O. The van der Waals surface area contributed by atoms with Crippen molar-refractivity contribution in [2.45, 2.75) is 27.7 Å². The quantitative estimate of drug-likeness (QED) is 0.708. The van der Waals surface area contributed by atoms with Gasteiger partial charge in [-0.25, -0.2) is 15.2 Å². The highest BCUT2D eigenvalue weighted by Crippen LogP contribution is 2.11. The maximum atomic E-state index is 11.7. The zero-order valence-electron chi connectivity index (χ0n) is 11.6. The van der Waals surface area contributed by atoms with Crippen LogP contribution in [-0.2, 0) is 0 Å². The van der Waals surface area contributed by atoms with Crippen LogP contribution in [0.2, 0.25) is 0 Å². The Morgan fingerprint density at radius 2 is 2.11 bits per heavy atom. The van der Waals surface area contributed by atoms with Crippen molar-refractivity contribution in [2.75, 3.05) is 24.6 Å². The zero-order chi connectivity index (χ0) is 14.1. The molecule has 1 aromatic heterocycles. The minimum atomic E-state index is -0.286. The number of rotatable bonds is 3. The normalized spacial score (nSPS) is 9.17. The SMILES string of the molecule is CC.CCN(NC)C(=O)Nc1nc(N)ncc1C. The van der Waals surface area contributed by atoms with Gasteiger partial charge in [0.25, 0.3) is 0 Å². The van der Waals surface area contributed by atoms with Gasteiger partial charge >= 0.3 is 6.03 Å². The van der Waals surface area contributed by atoms with Crippen molar-refractivity contribution in [2.24, 2.45) is 0 Å². The van der Waals surface area contributed by atoms with Crippen LogP contribution in [0.15, 0.2) is 6.20 Å². The van der Waals surface area contributed by atoms with Crippen LogP contribution < -0.4 is 16.5 Å². The van der Waals surface area contributed by atoms with Crippen molar-refractivity contribution in [3.8, 4) is 0 Å². The maximum Gasteiger partial charge on any atom is 0.337 e. The molecule has 0 aliphatic heterocycles. The van der Waals surface area contributed by atoms with Crippen LogP contribution in [0, 0.1) is 6.92 Å². The van der Waals surface area contributed by atoms with Crippen LogP contribution in [0.3, 0.4) is 0 Å². The minimum Gasteiger partial charge on any atom is -0.368 e. The minimum absolute atomic E-state index is 0.133. The predicted octanol–water partition coefficient (Wildman–Crippen LogP) is 1.38. The number of aromatic nitrogens is 2. The van der Waals surface area contributed by atoms with Crippen LogP contribution in [0.1, 0.15) is 26.3 Å². The second-order valence-electron chi connectivity index (χ2n) is 3.16. The van der Waals surface area contributed by atoms with E-state index in [2.05, 4.69) is 20.7 Å². The molecule has 102 valence electrons. The van der Waals surface area contributed by atoms with Gasteiger partial charge in [-0.3, -0.25) is 10.3 Å². The highest BCUT2D eigenvalue weighted by Gasteiger charge is 2.12. The lowest BCUT2D eigenvalue weighted by molar-refractivity contribution is 0.195. The van der Waals surface area contributed by atoms with Gasteiger partial charge < -0.3 is 5.73 Å². The first-order chi connectivity index (χ1) is 8.58. The lowest BCUT2D eigenvalue weighted by atomic mass is 10.3. The number of hydrazine groups is 1. The fraction of sp³-hybridized carbons (Fsp3) is 0.545. The number of nitrogens with one attached hydrogen (secondary N) is 2. The van der Waals surface area contributed by atoms with Crippen molar-refractivity contribution >= 4 is 17.8 Å². The molecule has 0 aliphatic carbocycles. The molecule has 7 nitrogen and oxygen atoms in total. The molecule has 4 N–H and O–H groups in total. The molecule has 0 fully saturated rings.